The SMILES string of the molecule is CCCc1cc(CO)c(O)c(SSc2cc(CCC)cc(CO)c2O)c1. The van der Waals surface area contributed by atoms with E-state index in [1.54, 1.807) is 0 Å². The van der Waals surface area contributed by atoms with Gasteiger partial charge in [-0.05, 0) is 69.8 Å². The van der Waals surface area contributed by atoms with Crippen molar-refractivity contribution in [1.82, 2.24) is 0 Å². The number of hydrogen-bond acceptors (Lipinski definition) is 6. The van der Waals surface area contributed by atoms with Gasteiger partial charge in [0.05, 0.1) is 23.0 Å². The van der Waals surface area contributed by atoms with Crippen LogP contribution in [0, 0.1) is 0 Å². The number of rotatable bonds is 9. The van der Waals surface area contributed by atoms with E-state index >= 15 is 0 Å². The number of aryl methyl sites for hydroxylation is 2. The van der Waals surface area contributed by atoms with Crippen molar-refractivity contribution in [1.29, 1.82) is 0 Å². The van der Waals surface area contributed by atoms with Crippen molar-refractivity contribution in [3.05, 3.63) is 46.5 Å². The van der Waals surface area contributed by atoms with Crippen LogP contribution in [0.1, 0.15) is 48.9 Å². The monoisotopic (exact) mass is 394 g/mol. The Morgan fingerprint density at radius 2 is 1.08 bits per heavy atom. The molecular formula is C20H26O4S2. The van der Waals surface area contributed by atoms with Gasteiger partial charge in [0.1, 0.15) is 11.5 Å². The molecule has 142 valence electrons. The lowest BCUT2D eigenvalue weighted by Crippen LogP contribution is -1.93. The summed E-state index contributed by atoms with van der Waals surface area (Å²) in [4.78, 5) is 1.33. The second kappa shape index (κ2) is 10.1. The molecule has 0 atom stereocenters. The molecule has 0 aliphatic carbocycles. The molecule has 6 heteroatoms. The zero-order chi connectivity index (χ0) is 19.1. The third kappa shape index (κ3) is 5.10. The molecule has 0 aromatic heterocycles. The van der Waals surface area contributed by atoms with E-state index in [1.165, 1.54) is 21.6 Å². The number of aliphatic hydroxyl groups excluding tert-OH is 2. The Hall–Kier alpha value is -1.34. The summed E-state index contributed by atoms with van der Waals surface area (Å²) in [6.07, 6.45) is 3.70. The van der Waals surface area contributed by atoms with Gasteiger partial charge in [-0.2, -0.15) is 0 Å². The van der Waals surface area contributed by atoms with Gasteiger partial charge in [-0.3, -0.25) is 0 Å². The molecule has 0 amide bonds. The maximum Gasteiger partial charge on any atom is 0.135 e. The molecular weight excluding hydrogens is 368 g/mol. The highest BCUT2D eigenvalue weighted by Gasteiger charge is 2.14. The van der Waals surface area contributed by atoms with Crippen molar-refractivity contribution in [3.8, 4) is 11.5 Å². The molecule has 0 bridgehead atoms. The highest BCUT2D eigenvalue weighted by atomic mass is 33.1. The van der Waals surface area contributed by atoms with Crippen molar-refractivity contribution >= 4 is 21.6 Å². The van der Waals surface area contributed by atoms with Crippen LogP contribution in [0.4, 0.5) is 0 Å². The van der Waals surface area contributed by atoms with Crippen LogP contribution in [-0.4, -0.2) is 20.4 Å². The molecule has 0 radical (unpaired) electrons. The maximum atomic E-state index is 10.4. The first-order chi connectivity index (χ1) is 12.5. The molecule has 2 rings (SSSR count). The molecule has 0 saturated carbocycles. The Kier molecular flexibility index (Phi) is 8.15. The van der Waals surface area contributed by atoms with Crippen molar-refractivity contribution < 1.29 is 20.4 Å². The first-order valence-electron chi connectivity index (χ1n) is 8.79. The number of phenols is 2. The van der Waals surface area contributed by atoms with Crippen molar-refractivity contribution in [3.63, 3.8) is 0 Å². The topological polar surface area (TPSA) is 80.9 Å². The average Bonchev–Trinajstić information content (AvgIpc) is 2.64. The summed E-state index contributed by atoms with van der Waals surface area (Å²) >= 11 is 0. The van der Waals surface area contributed by atoms with Crippen LogP contribution in [0.15, 0.2) is 34.1 Å². The van der Waals surface area contributed by atoms with Gasteiger partial charge in [0.15, 0.2) is 0 Å². The third-order valence-electron chi connectivity index (χ3n) is 4.07. The zero-order valence-electron chi connectivity index (χ0n) is 15.2. The Balaban J connectivity index is 2.30. The highest BCUT2D eigenvalue weighted by Crippen LogP contribution is 2.47. The molecule has 0 aliphatic heterocycles. The molecule has 0 fully saturated rings. The fourth-order valence-electron chi connectivity index (χ4n) is 2.78. The van der Waals surface area contributed by atoms with Crippen molar-refractivity contribution in [2.24, 2.45) is 0 Å². The van der Waals surface area contributed by atoms with E-state index in [0.717, 1.165) is 36.8 Å². The Morgan fingerprint density at radius 1 is 0.692 bits per heavy atom. The van der Waals surface area contributed by atoms with Crippen molar-refractivity contribution in [2.45, 2.75) is 62.5 Å². The minimum atomic E-state index is -0.215. The van der Waals surface area contributed by atoms with Crippen LogP contribution in [-0.2, 0) is 26.1 Å². The normalized spacial score (nSPS) is 11.1. The summed E-state index contributed by atoms with van der Waals surface area (Å²) in [6, 6.07) is 7.51. The van der Waals surface area contributed by atoms with Gasteiger partial charge >= 0.3 is 0 Å². The van der Waals surface area contributed by atoms with Gasteiger partial charge in [-0.25, -0.2) is 0 Å². The van der Waals surface area contributed by atoms with Gasteiger partial charge in [0.2, 0.25) is 0 Å². The molecule has 2 aromatic rings. The smallest absolute Gasteiger partial charge is 0.135 e. The summed E-state index contributed by atoms with van der Waals surface area (Å²) < 4.78 is 0. The predicted molar refractivity (Wildman–Crippen MR) is 108 cm³/mol. The van der Waals surface area contributed by atoms with Crippen LogP contribution in [0.2, 0.25) is 0 Å². The fraction of sp³-hybridized carbons (Fsp3) is 0.400. The van der Waals surface area contributed by atoms with E-state index in [9.17, 15) is 20.4 Å². The molecule has 2 aromatic carbocycles. The second-order valence-corrected chi connectivity index (χ2v) is 8.40. The Morgan fingerprint density at radius 3 is 1.38 bits per heavy atom. The molecule has 4 N–H and O–H groups in total. The van der Waals surface area contributed by atoms with Gasteiger partial charge < -0.3 is 20.4 Å². The molecule has 0 spiro atoms. The number of aromatic hydroxyl groups is 2. The van der Waals surface area contributed by atoms with Gasteiger partial charge in [0, 0.05) is 11.1 Å². The first-order valence-corrected chi connectivity index (χ1v) is 10.9. The largest absolute Gasteiger partial charge is 0.506 e. The lowest BCUT2D eigenvalue weighted by Gasteiger charge is -2.13. The second-order valence-electron chi connectivity index (χ2n) is 6.19. The van der Waals surface area contributed by atoms with Gasteiger partial charge in [-0.1, -0.05) is 26.7 Å². The molecule has 4 nitrogen and oxygen atoms in total. The van der Waals surface area contributed by atoms with Crippen LogP contribution in [0.25, 0.3) is 0 Å². The number of benzene rings is 2. The first kappa shape index (κ1) is 21.0. The quantitative estimate of drug-likeness (QED) is 0.458. The van der Waals surface area contributed by atoms with Crippen molar-refractivity contribution in [2.75, 3.05) is 0 Å². The molecule has 0 unspecified atom stereocenters. The van der Waals surface area contributed by atoms with E-state index in [4.69, 9.17) is 0 Å². The van der Waals surface area contributed by atoms with E-state index in [2.05, 4.69) is 13.8 Å². The molecule has 0 aliphatic rings. The molecule has 0 saturated heterocycles. The summed E-state index contributed by atoms with van der Waals surface area (Å²) in [5.41, 5.74) is 3.16. The van der Waals surface area contributed by atoms with E-state index in [-0.39, 0.29) is 24.7 Å². The molecule has 26 heavy (non-hydrogen) atoms. The summed E-state index contributed by atoms with van der Waals surface area (Å²) in [5.74, 6) is 0.160. The van der Waals surface area contributed by atoms with E-state index < -0.39 is 0 Å². The maximum absolute atomic E-state index is 10.4. The average molecular weight is 395 g/mol. The number of aliphatic hydroxyl groups is 2. The summed E-state index contributed by atoms with van der Waals surface area (Å²) in [5, 5.41) is 39.7. The third-order valence-corrected chi connectivity index (χ3v) is 6.46. The van der Waals surface area contributed by atoms with Gasteiger partial charge in [0.25, 0.3) is 0 Å². The summed E-state index contributed by atoms with van der Waals surface area (Å²) in [6.45, 7) is 3.74. The van der Waals surface area contributed by atoms with E-state index in [1.807, 2.05) is 24.3 Å². The lowest BCUT2D eigenvalue weighted by atomic mass is 10.1. The van der Waals surface area contributed by atoms with Crippen LogP contribution in [0.5, 0.6) is 11.5 Å². The minimum Gasteiger partial charge on any atom is -0.506 e. The van der Waals surface area contributed by atoms with Gasteiger partial charge in [-0.15, -0.1) is 0 Å². The lowest BCUT2D eigenvalue weighted by molar-refractivity contribution is 0.274. The minimum absolute atomic E-state index is 0.0800. The van der Waals surface area contributed by atoms with Crippen LogP contribution in [0.3, 0.4) is 0 Å². The van der Waals surface area contributed by atoms with Crippen LogP contribution < -0.4 is 0 Å². The van der Waals surface area contributed by atoms with E-state index in [0.29, 0.717) is 20.9 Å². The summed E-state index contributed by atoms with van der Waals surface area (Å²) in [7, 11) is 2.69. The number of hydrogen-bond donors (Lipinski definition) is 4. The molecule has 0 heterocycles. The fourth-order valence-corrected chi connectivity index (χ4v) is 5.08. The zero-order valence-corrected chi connectivity index (χ0v) is 16.8. The van der Waals surface area contributed by atoms with Crippen LogP contribution >= 0.6 is 21.6 Å². The highest BCUT2D eigenvalue weighted by molar-refractivity contribution is 8.76. The Bertz CT molecular complexity index is 684. The Labute approximate surface area is 162 Å². The predicted octanol–water partition coefficient (Wildman–Crippen LogP) is 4.79. The standard InChI is InChI=1S/C20H26O4S2/c1-3-5-13-7-15(11-21)19(23)17(9-13)25-26-18-10-14(6-4-2)8-16(12-22)20(18)24/h7-10,21-24H,3-6,11-12H2,1-2H3.